The summed E-state index contributed by atoms with van der Waals surface area (Å²) >= 11 is 0. The van der Waals surface area contributed by atoms with Gasteiger partial charge in [0.15, 0.2) is 5.78 Å². The largest absolute Gasteiger partial charge is 0.512 e. The zero-order valence-corrected chi connectivity index (χ0v) is 17.9. The summed E-state index contributed by atoms with van der Waals surface area (Å²) in [5.74, 6) is 0.0701. The first-order valence-corrected chi connectivity index (χ1v) is 11.1. The van der Waals surface area contributed by atoms with Gasteiger partial charge in [-0.1, -0.05) is 89.3 Å². The van der Waals surface area contributed by atoms with E-state index in [4.69, 9.17) is 9.84 Å². The second-order valence-electron chi connectivity index (χ2n) is 7.83. The minimum Gasteiger partial charge on any atom is -0.449 e. The van der Waals surface area contributed by atoms with Crippen molar-refractivity contribution in [1.82, 2.24) is 4.57 Å². The fourth-order valence-electron chi connectivity index (χ4n) is 3.92. The molecule has 0 spiro atoms. The summed E-state index contributed by atoms with van der Waals surface area (Å²) in [6.45, 7) is 2.24. The number of ether oxygens (including phenoxy) is 1. The number of para-hydroxylation sites is 1. The number of rotatable bonds is 14. The van der Waals surface area contributed by atoms with Crippen LogP contribution in [0.15, 0.2) is 24.3 Å². The van der Waals surface area contributed by atoms with E-state index in [1.165, 1.54) is 51.4 Å². The van der Waals surface area contributed by atoms with Crippen molar-refractivity contribution in [2.75, 3.05) is 0 Å². The Hall–Kier alpha value is -2.30. The topological polar surface area (TPSA) is 68.5 Å². The summed E-state index contributed by atoms with van der Waals surface area (Å²) in [5.41, 5.74) is 1.18. The molecule has 0 saturated carbocycles. The van der Waals surface area contributed by atoms with Gasteiger partial charge in [-0.15, -0.1) is 0 Å². The highest BCUT2D eigenvalue weighted by Crippen LogP contribution is 2.32. The van der Waals surface area contributed by atoms with Crippen molar-refractivity contribution in [3.8, 4) is 5.88 Å². The molecule has 0 unspecified atom stereocenters. The number of carbonyl (C=O) groups excluding carboxylic acids is 1. The number of Topliss-reactive ketones (excluding diaryl/α,β-unsaturated/α-hetero) is 1. The SMILES string of the molecule is CCCCCCCCCCCCCC(=O)c1c(OC(=O)O)n(C)c2ccccc12. The van der Waals surface area contributed by atoms with Crippen LogP contribution in [0.25, 0.3) is 10.9 Å². The van der Waals surface area contributed by atoms with E-state index >= 15 is 0 Å². The van der Waals surface area contributed by atoms with Crippen molar-refractivity contribution >= 4 is 22.8 Å². The number of aromatic nitrogens is 1. The highest BCUT2D eigenvalue weighted by molar-refractivity contribution is 6.11. The number of carboxylic acid groups (broad SMARTS) is 1. The lowest BCUT2D eigenvalue weighted by molar-refractivity contribution is 0.0975. The van der Waals surface area contributed by atoms with Crippen molar-refractivity contribution in [1.29, 1.82) is 0 Å². The van der Waals surface area contributed by atoms with Gasteiger partial charge in [0.2, 0.25) is 5.88 Å². The van der Waals surface area contributed by atoms with Crippen LogP contribution < -0.4 is 4.74 Å². The highest BCUT2D eigenvalue weighted by atomic mass is 16.7. The third-order valence-corrected chi connectivity index (χ3v) is 5.52. The molecule has 160 valence electrons. The quantitative estimate of drug-likeness (QED) is 0.208. The Morgan fingerprint density at radius 1 is 0.897 bits per heavy atom. The van der Waals surface area contributed by atoms with E-state index in [0.717, 1.165) is 30.2 Å². The van der Waals surface area contributed by atoms with Crippen LogP contribution in [0.2, 0.25) is 0 Å². The summed E-state index contributed by atoms with van der Waals surface area (Å²) in [5, 5.41) is 9.80. The minimum atomic E-state index is -1.40. The number of aryl methyl sites for hydroxylation is 1. The van der Waals surface area contributed by atoms with Gasteiger partial charge in [-0.3, -0.25) is 4.79 Å². The number of hydrogen-bond donors (Lipinski definition) is 1. The van der Waals surface area contributed by atoms with Gasteiger partial charge in [0.1, 0.15) is 0 Å². The number of carbonyl (C=O) groups is 2. The van der Waals surface area contributed by atoms with Gasteiger partial charge in [-0.2, -0.15) is 0 Å². The Bertz CT molecular complexity index is 794. The fraction of sp³-hybridized carbons (Fsp3) is 0.583. The first-order chi connectivity index (χ1) is 14.1. The molecule has 0 atom stereocenters. The van der Waals surface area contributed by atoms with Crippen molar-refractivity contribution < 1.29 is 19.4 Å². The van der Waals surface area contributed by atoms with Gasteiger partial charge in [0, 0.05) is 18.9 Å². The number of benzene rings is 1. The van der Waals surface area contributed by atoms with Crippen LogP contribution in [0.4, 0.5) is 4.79 Å². The van der Waals surface area contributed by atoms with E-state index in [0.29, 0.717) is 12.0 Å². The van der Waals surface area contributed by atoms with Crippen LogP contribution in [0.3, 0.4) is 0 Å². The molecule has 29 heavy (non-hydrogen) atoms. The highest BCUT2D eigenvalue weighted by Gasteiger charge is 2.23. The second-order valence-corrected chi connectivity index (χ2v) is 7.83. The minimum absolute atomic E-state index is 0.0472. The predicted octanol–water partition coefficient (Wildman–Crippen LogP) is 7.12. The van der Waals surface area contributed by atoms with Crippen molar-refractivity contribution in [2.24, 2.45) is 7.05 Å². The average molecular weight is 402 g/mol. The molecule has 1 N–H and O–H groups in total. The zero-order valence-electron chi connectivity index (χ0n) is 17.9. The second kappa shape index (κ2) is 12.3. The van der Waals surface area contributed by atoms with Crippen LogP contribution in [0, 0.1) is 0 Å². The number of nitrogens with zero attached hydrogens (tertiary/aromatic N) is 1. The van der Waals surface area contributed by atoms with Crippen LogP contribution in [0.5, 0.6) is 5.88 Å². The first kappa shape index (κ1) is 23.0. The standard InChI is InChI=1S/C24H35NO4/c1-3-4-5-6-7-8-9-10-11-12-13-18-21(26)22-19-16-14-15-17-20(19)25(2)23(22)29-24(27)28/h14-17H,3-13,18H2,1-2H3,(H,27,28). The Morgan fingerprint density at radius 2 is 1.45 bits per heavy atom. The number of fused-ring (bicyclic) bond motifs is 1. The molecule has 0 radical (unpaired) electrons. The Kier molecular flexibility index (Phi) is 9.75. The van der Waals surface area contributed by atoms with E-state index in [1.807, 2.05) is 24.3 Å². The molecule has 0 amide bonds. The van der Waals surface area contributed by atoms with Gasteiger partial charge in [0.05, 0.1) is 11.1 Å². The molecule has 0 fully saturated rings. The molecule has 0 aliphatic carbocycles. The van der Waals surface area contributed by atoms with Gasteiger partial charge in [-0.25, -0.2) is 4.79 Å². The Labute approximate surface area is 174 Å². The first-order valence-electron chi connectivity index (χ1n) is 11.1. The van der Waals surface area contributed by atoms with E-state index in [1.54, 1.807) is 11.6 Å². The lowest BCUT2D eigenvalue weighted by Gasteiger charge is -2.06. The predicted molar refractivity (Wildman–Crippen MR) is 117 cm³/mol. The van der Waals surface area contributed by atoms with Crippen LogP contribution in [-0.4, -0.2) is 21.6 Å². The molecule has 5 heteroatoms. The number of hydrogen-bond acceptors (Lipinski definition) is 3. The maximum Gasteiger partial charge on any atom is 0.512 e. The summed E-state index contributed by atoms with van der Waals surface area (Å²) in [6.07, 6.45) is 12.5. The lowest BCUT2D eigenvalue weighted by atomic mass is 10.0. The summed E-state index contributed by atoms with van der Waals surface area (Å²) < 4.78 is 6.58. The van der Waals surface area contributed by atoms with Crippen molar-refractivity contribution in [3.05, 3.63) is 29.8 Å². The third kappa shape index (κ3) is 6.91. The van der Waals surface area contributed by atoms with E-state index in [-0.39, 0.29) is 11.7 Å². The molecule has 0 aliphatic heterocycles. The molecule has 2 aromatic rings. The molecule has 2 rings (SSSR count). The number of unbranched alkanes of at least 4 members (excludes halogenated alkanes) is 10. The Morgan fingerprint density at radius 3 is 2.03 bits per heavy atom. The molecule has 0 bridgehead atoms. The zero-order chi connectivity index (χ0) is 21.1. The van der Waals surface area contributed by atoms with Gasteiger partial charge >= 0.3 is 6.16 Å². The van der Waals surface area contributed by atoms with Crippen LogP contribution in [0.1, 0.15) is 94.3 Å². The molecule has 1 aromatic carbocycles. The maximum absolute atomic E-state index is 12.8. The summed E-state index contributed by atoms with van der Waals surface area (Å²) in [7, 11) is 1.72. The monoisotopic (exact) mass is 401 g/mol. The maximum atomic E-state index is 12.8. The number of ketones is 1. The third-order valence-electron chi connectivity index (χ3n) is 5.52. The van der Waals surface area contributed by atoms with E-state index in [2.05, 4.69) is 6.92 Å². The molecule has 5 nitrogen and oxygen atoms in total. The van der Waals surface area contributed by atoms with E-state index in [9.17, 15) is 9.59 Å². The Balaban J connectivity index is 1.79. The normalized spacial score (nSPS) is 11.1. The lowest BCUT2D eigenvalue weighted by Crippen LogP contribution is -2.10. The summed E-state index contributed by atoms with van der Waals surface area (Å²) in [6, 6.07) is 7.43. The molecule has 0 saturated heterocycles. The van der Waals surface area contributed by atoms with Gasteiger partial charge in [0.25, 0.3) is 0 Å². The van der Waals surface area contributed by atoms with Crippen molar-refractivity contribution in [2.45, 2.75) is 84.0 Å². The van der Waals surface area contributed by atoms with Crippen LogP contribution in [-0.2, 0) is 7.05 Å². The molecule has 1 heterocycles. The smallest absolute Gasteiger partial charge is 0.449 e. The van der Waals surface area contributed by atoms with Crippen LogP contribution >= 0.6 is 0 Å². The van der Waals surface area contributed by atoms with Gasteiger partial charge < -0.3 is 14.4 Å². The average Bonchev–Trinajstić information content (AvgIpc) is 2.97. The molecular formula is C24H35NO4. The van der Waals surface area contributed by atoms with Gasteiger partial charge in [-0.05, 0) is 12.5 Å². The summed E-state index contributed by atoms with van der Waals surface area (Å²) in [4.78, 5) is 23.9. The molecule has 1 aromatic heterocycles. The fourth-order valence-corrected chi connectivity index (χ4v) is 3.92. The van der Waals surface area contributed by atoms with Crippen molar-refractivity contribution in [3.63, 3.8) is 0 Å². The molecular weight excluding hydrogens is 366 g/mol. The van der Waals surface area contributed by atoms with E-state index < -0.39 is 6.16 Å². The molecule has 0 aliphatic rings.